The molecule has 0 bridgehead atoms. The number of imidazole rings is 2. The van der Waals surface area contributed by atoms with E-state index in [1.54, 1.807) is 59.8 Å². The molecule has 1 aliphatic rings. The minimum Gasteiger partial charge on any atom is -0.494 e. The highest BCUT2D eigenvalue weighted by molar-refractivity contribution is 6.00. The zero-order chi connectivity index (χ0) is 47.6. The van der Waals surface area contributed by atoms with Gasteiger partial charge in [-0.05, 0) is 70.5 Å². The van der Waals surface area contributed by atoms with Crippen molar-refractivity contribution in [1.29, 1.82) is 0 Å². The molecule has 66 heavy (non-hydrogen) atoms. The molecule has 2 aromatic carbocycles. The Morgan fingerprint density at radius 2 is 1.20 bits per heavy atom. The second-order valence-corrected chi connectivity index (χ2v) is 16.2. The Morgan fingerprint density at radius 1 is 0.742 bits per heavy atom. The number of ether oxygens (including phenoxy) is 3. The van der Waals surface area contributed by atoms with E-state index < -0.39 is 35.8 Å². The molecule has 2 unspecified atom stereocenters. The molecule has 7 rings (SSSR count). The SMILES string of the molecule is CCn1nc(C)cc1C(=O)/N=c1\n(C)c2cc(C(N)=O)cc(OC)c2n1CC(O)C(O)Cn1/c(=N/C(=O)c2cc(C)nn2CC)n(C)c2cc(C(N)=O)cc(OCCCN3CCOCC3)c21. The van der Waals surface area contributed by atoms with Gasteiger partial charge in [0.05, 0.1) is 74.6 Å². The predicted octanol–water partition coefficient (Wildman–Crippen LogP) is 0.534. The van der Waals surface area contributed by atoms with Gasteiger partial charge in [-0.2, -0.15) is 20.2 Å². The number of fused-ring (bicyclic) bond motifs is 2. The Morgan fingerprint density at radius 3 is 1.64 bits per heavy atom. The van der Waals surface area contributed by atoms with Gasteiger partial charge in [0.15, 0.2) is 0 Å². The highest BCUT2D eigenvalue weighted by Gasteiger charge is 2.28. The van der Waals surface area contributed by atoms with Crippen molar-refractivity contribution in [3.05, 3.63) is 81.5 Å². The zero-order valence-electron chi connectivity index (χ0n) is 38.2. The minimum absolute atomic E-state index is 0.0522. The van der Waals surface area contributed by atoms with Crippen LogP contribution in [0.4, 0.5) is 0 Å². The second-order valence-electron chi connectivity index (χ2n) is 16.2. The molecule has 2 atom stereocenters. The molecule has 352 valence electrons. The summed E-state index contributed by atoms with van der Waals surface area (Å²) in [6.07, 6.45) is -2.55. The monoisotopic (exact) mass is 911 g/mol. The number of methoxy groups -OCH3 is 1. The Hall–Kier alpha value is -6.88. The third-order valence-corrected chi connectivity index (χ3v) is 11.7. The van der Waals surface area contributed by atoms with Crippen molar-refractivity contribution in [1.82, 2.24) is 42.7 Å². The third kappa shape index (κ3) is 9.43. The third-order valence-electron chi connectivity index (χ3n) is 11.7. The average molecular weight is 912 g/mol. The molecule has 1 aliphatic heterocycles. The van der Waals surface area contributed by atoms with Gasteiger partial charge in [-0.25, -0.2) is 0 Å². The maximum absolute atomic E-state index is 14.0. The maximum Gasteiger partial charge on any atom is 0.298 e. The van der Waals surface area contributed by atoms with Crippen LogP contribution in [-0.4, -0.2) is 135 Å². The van der Waals surface area contributed by atoms with Gasteiger partial charge in [0, 0.05) is 57.9 Å². The van der Waals surface area contributed by atoms with Gasteiger partial charge in [-0.1, -0.05) is 0 Å². The molecule has 1 saturated heterocycles. The van der Waals surface area contributed by atoms with Gasteiger partial charge in [-0.3, -0.25) is 33.4 Å². The lowest BCUT2D eigenvalue weighted by Crippen LogP contribution is -2.40. The van der Waals surface area contributed by atoms with Crippen molar-refractivity contribution in [3.63, 3.8) is 0 Å². The van der Waals surface area contributed by atoms with E-state index in [9.17, 15) is 29.4 Å². The van der Waals surface area contributed by atoms with E-state index >= 15 is 0 Å². The number of aromatic nitrogens is 8. The summed E-state index contributed by atoms with van der Waals surface area (Å²) in [6, 6.07) is 9.27. The quantitative estimate of drug-likeness (QED) is 0.0914. The highest BCUT2D eigenvalue weighted by atomic mass is 16.5. The van der Waals surface area contributed by atoms with E-state index in [1.165, 1.54) is 39.2 Å². The lowest BCUT2D eigenvalue weighted by molar-refractivity contribution is -0.000243. The van der Waals surface area contributed by atoms with Crippen molar-refractivity contribution in [2.75, 3.05) is 46.6 Å². The van der Waals surface area contributed by atoms with Gasteiger partial charge in [0.2, 0.25) is 23.1 Å². The lowest BCUT2D eigenvalue weighted by atomic mass is 10.1. The number of aryl methyl sites for hydroxylation is 6. The van der Waals surface area contributed by atoms with Crippen LogP contribution in [0.15, 0.2) is 46.4 Å². The minimum atomic E-state index is -1.59. The number of hydrogen-bond acceptors (Lipinski definition) is 12. The summed E-state index contributed by atoms with van der Waals surface area (Å²) in [4.78, 5) is 64.4. The number of primary amides is 2. The van der Waals surface area contributed by atoms with Crippen molar-refractivity contribution in [3.8, 4) is 11.5 Å². The summed E-state index contributed by atoms with van der Waals surface area (Å²) in [5.41, 5.74) is 15.1. The molecule has 5 heterocycles. The van der Waals surface area contributed by atoms with E-state index in [0.717, 1.165) is 19.6 Å². The van der Waals surface area contributed by atoms with Crippen LogP contribution in [0.5, 0.6) is 11.5 Å². The number of nitrogens with zero attached hydrogens (tertiary/aromatic N) is 11. The first kappa shape index (κ1) is 47.1. The molecule has 4 amide bonds. The van der Waals surface area contributed by atoms with Crippen molar-refractivity contribution < 1.29 is 43.6 Å². The van der Waals surface area contributed by atoms with Crippen LogP contribution in [0.3, 0.4) is 0 Å². The maximum atomic E-state index is 14.0. The van der Waals surface area contributed by atoms with E-state index in [4.69, 9.17) is 25.7 Å². The number of nitrogens with two attached hydrogens (primary N) is 2. The topological polar surface area (TPSA) is 272 Å². The van der Waals surface area contributed by atoms with Crippen LogP contribution in [-0.2, 0) is 45.0 Å². The molecular weight excluding hydrogens is 855 g/mol. The van der Waals surface area contributed by atoms with Crippen LogP contribution >= 0.6 is 0 Å². The Balaban J connectivity index is 1.35. The van der Waals surface area contributed by atoms with Gasteiger partial charge in [0.25, 0.3) is 11.8 Å². The summed E-state index contributed by atoms with van der Waals surface area (Å²) in [7, 11) is 4.68. The fraction of sp³-hybridized carbons (Fsp3) is 0.455. The summed E-state index contributed by atoms with van der Waals surface area (Å²) in [5, 5.41) is 33.0. The van der Waals surface area contributed by atoms with Crippen LogP contribution in [0.1, 0.15) is 73.3 Å². The number of aliphatic hydroxyl groups is 2. The predicted molar refractivity (Wildman–Crippen MR) is 240 cm³/mol. The molecule has 0 aliphatic carbocycles. The molecule has 6 N–H and O–H groups in total. The van der Waals surface area contributed by atoms with Crippen molar-refractivity contribution in [2.45, 2.75) is 72.5 Å². The summed E-state index contributed by atoms with van der Waals surface area (Å²) >= 11 is 0. The number of benzene rings is 2. The molecule has 4 aromatic heterocycles. The molecular formula is C44H57N13O9. The normalized spacial score (nSPS) is 14.9. The van der Waals surface area contributed by atoms with Crippen molar-refractivity contribution >= 4 is 45.7 Å². The number of carbonyl (C=O) groups excluding carboxylic acids is 4. The van der Waals surface area contributed by atoms with E-state index in [1.807, 2.05) is 13.8 Å². The molecule has 0 radical (unpaired) electrons. The summed E-state index contributed by atoms with van der Waals surface area (Å²) in [6.45, 7) is 11.2. The fourth-order valence-electron chi connectivity index (χ4n) is 8.31. The van der Waals surface area contributed by atoms with Crippen LogP contribution in [0, 0.1) is 13.8 Å². The van der Waals surface area contributed by atoms with E-state index in [2.05, 4.69) is 25.1 Å². The Bertz CT molecular complexity index is 2980. The van der Waals surface area contributed by atoms with Gasteiger partial charge >= 0.3 is 0 Å². The van der Waals surface area contributed by atoms with Crippen LogP contribution < -0.4 is 32.2 Å². The van der Waals surface area contributed by atoms with Crippen molar-refractivity contribution in [2.24, 2.45) is 35.5 Å². The molecule has 0 saturated carbocycles. The van der Waals surface area contributed by atoms with E-state index in [-0.39, 0.29) is 64.9 Å². The van der Waals surface area contributed by atoms with Gasteiger partial charge in [-0.15, -0.1) is 0 Å². The largest absolute Gasteiger partial charge is 0.494 e. The molecule has 22 heteroatoms. The lowest BCUT2D eigenvalue weighted by Gasteiger charge is -2.26. The highest BCUT2D eigenvalue weighted by Crippen LogP contribution is 2.30. The van der Waals surface area contributed by atoms with Crippen LogP contribution in [0.25, 0.3) is 22.1 Å². The molecule has 22 nitrogen and oxygen atoms in total. The molecule has 0 spiro atoms. The second kappa shape index (κ2) is 19.7. The number of morpholine rings is 1. The first-order chi connectivity index (χ1) is 31.5. The molecule has 1 fully saturated rings. The van der Waals surface area contributed by atoms with Gasteiger partial charge < -0.3 is 54.2 Å². The van der Waals surface area contributed by atoms with Crippen LogP contribution in [0.2, 0.25) is 0 Å². The number of hydrogen-bond donors (Lipinski definition) is 4. The number of carbonyl (C=O) groups is 4. The first-order valence-electron chi connectivity index (χ1n) is 21.7. The fourth-order valence-corrected chi connectivity index (χ4v) is 8.31. The number of aliphatic hydroxyl groups excluding tert-OH is 2. The Kier molecular flexibility index (Phi) is 14.1. The summed E-state index contributed by atoms with van der Waals surface area (Å²) < 4.78 is 26.9. The van der Waals surface area contributed by atoms with Gasteiger partial charge in [0.1, 0.15) is 33.9 Å². The molecule has 6 aromatic rings. The average Bonchev–Trinajstić information content (AvgIpc) is 4.03. The van der Waals surface area contributed by atoms with E-state index in [0.29, 0.717) is 66.2 Å². The summed E-state index contributed by atoms with van der Waals surface area (Å²) in [5.74, 6) is -2.26. The number of amides is 4. The smallest absolute Gasteiger partial charge is 0.298 e. The zero-order valence-corrected chi connectivity index (χ0v) is 38.2. The first-order valence-corrected chi connectivity index (χ1v) is 21.7. The number of rotatable bonds is 17. The standard InChI is InChI=1S/C44H57N13O9/c1-8-56-31(17-25(3)49-56)41(62)47-43-51(5)29-19-27(39(45)60)21-35(64-7)37(29)54(43)23-33(58)34(59)24-55-38-30(52(6)44(55)48-42(63)32-18-26(4)50-57(32)9-2)20-28(40(46)61)22-36(38)66-14-10-11-53-12-15-65-16-13-53/h17-22,33-34,58-59H,8-16,23-24H2,1-7H3,(H2,45,60)(H2,46,61)/b47-43+,48-44+. The Labute approximate surface area is 378 Å².